The predicted molar refractivity (Wildman–Crippen MR) is 60.9 cm³/mol. The summed E-state index contributed by atoms with van der Waals surface area (Å²) in [5.41, 5.74) is 13.5. The van der Waals surface area contributed by atoms with E-state index in [9.17, 15) is 9.59 Å². The highest BCUT2D eigenvalue weighted by molar-refractivity contribution is 5.79. The van der Waals surface area contributed by atoms with E-state index in [2.05, 4.69) is 20.1 Å². The highest BCUT2D eigenvalue weighted by Gasteiger charge is 2.14. The molecule has 1 atom stereocenters. The van der Waals surface area contributed by atoms with E-state index in [-0.39, 0.29) is 18.7 Å². The molecule has 17 heavy (non-hydrogen) atoms. The van der Waals surface area contributed by atoms with E-state index in [1.807, 2.05) is 0 Å². The highest BCUT2D eigenvalue weighted by Crippen LogP contribution is 1.96. The Labute approximate surface area is 99.1 Å². The van der Waals surface area contributed by atoms with Gasteiger partial charge in [0.25, 0.3) is 0 Å². The van der Waals surface area contributed by atoms with Gasteiger partial charge in [-0.2, -0.15) is 0 Å². The third-order valence-electron chi connectivity index (χ3n) is 2.01. The van der Waals surface area contributed by atoms with Gasteiger partial charge in [0, 0.05) is 24.4 Å². The first-order valence-corrected chi connectivity index (χ1v) is 5.22. The molecule has 0 spiro atoms. The molecule has 0 bridgehead atoms. The van der Waals surface area contributed by atoms with E-state index < -0.39 is 12.0 Å². The second-order valence-corrected chi connectivity index (χ2v) is 3.33. The second kappa shape index (κ2) is 9.44. The van der Waals surface area contributed by atoms with E-state index >= 15 is 0 Å². The number of esters is 1. The van der Waals surface area contributed by atoms with Crippen molar-refractivity contribution in [1.82, 2.24) is 5.32 Å². The van der Waals surface area contributed by atoms with Crippen LogP contribution in [0.2, 0.25) is 0 Å². The van der Waals surface area contributed by atoms with Gasteiger partial charge in [-0.05, 0) is 18.4 Å². The zero-order chi connectivity index (χ0) is 13.1. The first-order valence-electron chi connectivity index (χ1n) is 5.22. The van der Waals surface area contributed by atoms with Crippen molar-refractivity contribution in [3.63, 3.8) is 0 Å². The number of rotatable bonds is 8. The second-order valence-electron chi connectivity index (χ2n) is 3.33. The Balaban J connectivity index is 3.59. The molecule has 8 heteroatoms. The van der Waals surface area contributed by atoms with E-state index in [1.165, 1.54) is 7.11 Å². The van der Waals surface area contributed by atoms with Crippen LogP contribution in [0.1, 0.15) is 19.3 Å². The fraction of sp³-hybridized carbons (Fsp3) is 0.778. The summed E-state index contributed by atoms with van der Waals surface area (Å²) in [4.78, 5) is 24.8. The average Bonchev–Trinajstić information content (AvgIpc) is 2.34. The minimum Gasteiger partial charge on any atom is -0.468 e. The number of carbonyl (C=O) groups excluding carboxylic acids is 2. The van der Waals surface area contributed by atoms with Gasteiger partial charge in [-0.15, -0.1) is 0 Å². The van der Waals surface area contributed by atoms with Crippen molar-refractivity contribution in [1.29, 1.82) is 0 Å². The van der Waals surface area contributed by atoms with Gasteiger partial charge in [-0.1, -0.05) is 5.11 Å². The molecule has 0 saturated heterocycles. The van der Waals surface area contributed by atoms with Gasteiger partial charge in [0.15, 0.2) is 0 Å². The lowest BCUT2D eigenvalue weighted by Gasteiger charge is -2.08. The largest absolute Gasteiger partial charge is 0.468 e. The lowest BCUT2D eigenvalue weighted by molar-refractivity contribution is -0.142. The van der Waals surface area contributed by atoms with E-state index in [0.717, 1.165) is 0 Å². The molecule has 0 fully saturated rings. The van der Waals surface area contributed by atoms with Crippen LogP contribution in [0, 0.1) is 0 Å². The fourth-order valence-electron chi connectivity index (χ4n) is 1.07. The molecule has 0 radical (unpaired) electrons. The summed E-state index contributed by atoms with van der Waals surface area (Å²) in [5.74, 6) is -0.716. The molecule has 0 saturated carbocycles. The van der Waals surface area contributed by atoms with Crippen LogP contribution in [-0.4, -0.2) is 38.1 Å². The van der Waals surface area contributed by atoms with Crippen LogP contribution >= 0.6 is 0 Å². The van der Waals surface area contributed by atoms with Gasteiger partial charge in [0.1, 0.15) is 6.04 Å². The predicted octanol–water partition coefficient (Wildman–Crippen LogP) is 0.0835. The molecule has 0 aromatic heterocycles. The van der Waals surface area contributed by atoms with E-state index in [0.29, 0.717) is 19.5 Å². The molecule has 3 N–H and O–H groups in total. The Hall–Kier alpha value is -1.79. The average molecular weight is 243 g/mol. The number of amides is 1. The molecule has 8 nitrogen and oxygen atoms in total. The van der Waals surface area contributed by atoms with Crippen LogP contribution in [0.25, 0.3) is 10.4 Å². The van der Waals surface area contributed by atoms with E-state index in [1.54, 1.807) is 0 Å². The maximum Gasteiger partial charge on any atom is 0.322 e. The lowest BCUT2D eigenvalue weighted by atomic mass is 10.1. The minimum atomic E-state index is -0.770. The zero-order valence-electron chi connectivity index (χ0n) is 9.76. The number of hydrogen-bond acceptors (Lipinski definition) is 5. The SMILES string of the molecule is COC(=O)[C@@H](N)CCC(=O)NCCCN=[N+]=[N-]. The third kappa shape index (κ3) is 8.06. The van der Waals surface area contributed by atoms with Gasteiger partial charge in [-0.3, -0.25) is 9.59 Å². The van der Waals surface area contributed by atoms with Crippen molar-refractivity contribution >= 4 is 11.9 Å². The molecule has 0 heterocycles. The molecule has 0 rings (SSSR count). The lowest BCUT2D eigenvalue weighted by Crippen LogP contribution is -2.34. The number of ether oxygens (including phenoxy) is 1. The topological polar surface area (TPSA) is 130 Å². The van der Waals surface area contributed by atoms with Crippen molar-refractivity contribution < 1.29 is 14.3 Å². The number of nitrogens with two attached hydrogens (primary N) is 1. The van der Waals surface area contributed by atoms with Gasteiger partial charge in [0.05, 0.1) is 7.11 Å². The molecule has 0 aromatic rings. The summed E-state index contributed by atoms with van der Waals surface area (Å²) in [6, 6.07) is -0.770. The molecule has 0 aliphatic rings. The van der Waals surface area contributed by atoms with Crippen LogP contribution in [0.5, 0.6) is 0 Å². The van der Waals surface area contributed by atoms with Crippen molar-refractivity contribution in [3.8, 4) is 0 Å². The van der Waals surface area contributed by atoms with Crippen molar-refractivity contribution in [2.75, 3.05) is 20.2 Å². The zero-order valence-corrected chi connectivity index (χ0v) is 9.76. The van der Waals surface area contributed by atoms with Crippen molar-refractivity contribution in [2.24, 2.45) is 10.8 Å². The Bertz CT molecular complexity index is 301. The normalized spacial score (nSPS) is 11.2. The number of azide groups is 1. The first kappa shape index (κ1) is 15.2. The van der Waals surface area contributed by atoms with Crippen LogP contribution in [0.3, 0.4) is 0 Å². The third-order valence-corrected chi connectivity index (χ3v) is 2.01. The molecule has 96 valence electrons. The first-order chi connectivity index (χ1) is 8.11. The molecule has 0 unspecified atom stereocenters. The Morgan fingerprint density at radius 3 is 2.88 bits per heavy atom. The quantitative estimate of drug-likeness (QED) is 0.205. The van der Waals surface area contributed by atoms with Gasteiger partial charge >= 0.3 is 5.97 Å². The number of nitrogens with zero attached hydrogens (tertiary/aromatic N) is 3. The molecule has 0 aliphatic carbocycles. The molecular formula is C9H17N5O3. The van der Waals surface area contributed by atoms with Gasteiger partial charge < -0.3 is 15.8 Å². The van der Waals surface area contributed by atoms with Crippen LogP contribution in [-0.2, 0) is 14.3 Å². The van der Waals surface area contributed by atoms with E-state index in [4.69, 9.17) is 11.3 Å². The smallest absolute Gasteiger partial charge is 0.322 e. The maximum absolute atomic E-state index is 11.3. The monoisotopic (exact) mass is 243 g/mol. The number of hydrogen-bond donors (Lipinski definition) is 2. The Morgan fingerprint density at radius 2 is 2.29 bits per heavy atom. The van der Waals surface area contributed by atoms with Crippen molar-refractivity contribution in [2.45, 2.75) is 25.3 Å². The number of carbonyl (C=O) groups is 2. The summed E-state index contributed by atoms with van der Waals surface area (Å²) in [6.07, 6.45) is 0.992. The van der Waals surface area contributed by atoms with Crippen LogP contribution in [0.15, 0.2) is 5.11 Å². The highest BCUT2D eigenvalue weighted by atomic mass is 16.5. The summed E-state index contributed by atoms with van der Waals surface area (Å²) in [6.45, 7) is 0.782. The molecular weight excluding hydrogens is 226 g/mol. The Morgan fingerprint density at radius 1 is 1.59 bits per heavy atom. The molecule has 0 aromatic carbocycles. The summed E-state index contributed by atoms with van der Waals surface area (Å²) >= 11 is 0. The standard InChI is InChI=1S/C9H17N5O3/c1-17-9(16)7(10)3-4-8(15)12-5-2-6-13-14-11/h7H,2-6,10H2,1H3,(H,12,15)/t7-/m0/s1. The number of nitrogens with one attached hydrogen (secondary N) is 1. The summed E-state index contributed by atoms with van der Waals surface area (Å²) in [5, 5.41) is 5.95. The number of methoxy groups -OCH3 is 1. The van der Waals surface area contributed by atoms with Crippen molar-refractivity contribution in [3.05, 3.63) is 10.4 Å². The summed E-state index contributed by atoms with van der Waals surface area (Å²) in [7, 11) is 1.25. The van der Waals surface area contributed by atoms with Crippen LogP contribution < -0.4 is 11.1 Å². The van der Waals surface area contributed by atoms with Crippen LogP contribution in [0.4, 0.5) is 0 Å². The maximum atomic E-state index is 11.3. The molecule has 0 aliphatic heterocycles. The summed E-state index contributed by atoms with van der Waals surface area (Å²) < 4.78 is 4.43. The Kier molecular flexibility index (Phi) is 8.44. The minimum absolute atomic E-state index is 0.164. The fourth-order valence-corrected chi connectivity index (χ4v) is 1.07. The molecule has 1 amide bonds. The van der Waals surface area contributed by atoms with Gasteiger partial charge in [0.2, 0.25) is 5.91 Å². The van der Waals surface area contributed by atoms with Gasteiger partial charge in [-0.25, -0.2) is 0 Å².